The summed E-state index contributed by atoms with van der Waals surface area (Å²) in [5, 5.41) is 0. The summed E-state index contributed by atoms with van der Waals surface area (Å²) < 4.78 is 34.2. The van der Waals surface area contributed by atoms with Gasteiger partial charge in [0.2, 0.25) is 10.0 Å². The van der Waals surface area contributed by atoms with E-state index in [0.717, 1.165) is 43.9 Å². The molecule has 0 radical (unpaired) electrons. The van der Waals surface area contributed by atoms with Crippen LogP contribution in [0.25, 0.3) is 0 Å². The molecule has 1 atom stereocenters. The molecule has 0 saturated carbocycles. The maximum absolute atomic E-state index is 13.1. The highest BCUT2D eigenvalue weighted by molar-refractivity contribution is 7.89. The first kappa shape index (κ1) is 24.3. The van der Waals surface area contributed by atoms with Crippen molar-refractivity contribution in [2.75, 3.05) is 39.8 Å². The molecule has 34 heavy (non-hydrogen) atoms. The Labute approximate surface area is 202 Å². The predicted octanol–water partition coefficient (Wildman–Crippen LogP) is 3.24. The van der Waals surface area contributed by atoms with Crippen molar-refractivity contribution in [3.63, 3.8) is 0 Å². The second kappa shape index (κ2) is 11.1. The lowest BCUT2D eigenvalue weighted by atomic mass is 10.1. The second-order valence-corrected chi connectivity index (χ2v) is 10.4. The number of aryl methyl sites for hydroxylation is 1. The van der Waals surface area contributed by atoms with Gasteiger partial charge in [-0.15, -0.1) is 0 Å². The normalized spacial score (nSPS) is 16.3. The fourth-order valence-corrected chi connectivity index (χ4v) is 5.52. The molecule has 0 unspecified atom stereocenters. The van der Waals surface area contributed by atoms with Gasteiger partial charge in [-0.2, -0.15) is 0 Å². The summed E-state index contributed by atoms with van der Waals surface area (Å²) in [7, 11) is -2.09. The zero-order valence-electron chi connectivity index (χ0n) is 19.7. The number of rotatable bonds is 9. The molecule has 2 aromatic carbocycles. The first-order valence-electron chi connectivity index (χ1n) is 11.5. The number of hydrogen-bond acceptors (Lipinski definition) is 6. The molecule has 1 aromatic heterocycles. The van der Waals surface area contributed by atoms with Crippen LogP contribution in [-0.4, -0.2) is 63.0 Å². The molecule has 1 N–H and O–H groups in total. The zero-order valence-corrected chi connectivity index (χ0v) is 20.5. The minimum Gasteiger partial charge on any atom is -0.496 e. The number of methoxy groups -OCH3 is 1. The van der Waals surface area contributed by atoms with Crippen LogP contribution >= 0.6 is 0 Å². The van der Waals surface area contributed by atoms with Crippen molar-refractivity contribution in [2.45, 2.75) is 24.4 Å². The Bertz CT molecular complexity index is 1170. The molecule has 8 heteroatoms. The van der Waals surface area contributed by atoms with Gasteiger partial charge in [-0.1, -0.05) is 36.4 Å². The van der Waals surface area contributed by atoms with Crippen LogP contribution < -0.4 is 9.46 Å². The maximum Gasteiger partial charge on any atom is 0.240 e. The molecule has 4 rings (SSSR count). The molecule has 0 bridgehead atoms. The Hall–Kier alpha value is -2.78. The van der Waals surface area contributed by atoms with Crippen LogP contribution in [0.5, 0.6) is 5.75 Å². The van der Waals surface area contributed by atoms with Gasteiger partial charge in [-0.3, -0.25) is 14.8 Å². The number of pyridine rings is 1. The van der Waals surface area contributed by atoms with Crippen LogP contribution in [0.3, 0.4) is 0 Å². The predicted molar refractivity (Wildman–Crippen MR) is 133 cm³/mol. The molecule has 7 nitrogen and oxygen atoms in total. The molecule has 1 aliphatic heterocycles. The molecule has 180 valence electrons. The summed E-state index contributed by atoms with van der Waals surface area (Å²) in [6.45, 7) is 6.61. The number of hydrogen-bond donors (Lipinski definition) is 1. The fourth-order valence-electron chi connectivity index (χ4n) is 4.40. The van der Waals surface area contributed by atoms with Crippen LogP contribution in [0, 0.1) is 6.92 Å². The number of piperazine rings is 1. The zero-order chi connectivity index (χ0) is 24.0. The fraction of sp³-hybridized carbons (Fsp3) is 0.346. The van der Waals surface area contributed by atoms with Gasteiger partial charge in [0.1, 0.15) is 5.75 Å². The van der Waals surface area contributed by atoms with Crippen molar-refractivity contribution in [3.8, 4) is 5.75 Å². The lowest BCUT2D eigenvalue weighted by Gasteiger charge is -2.39. The van der Waals surface area contributed by atoms with Gasteiger partial charge in [0, 0.05) is 57.7 Å². The second-order valence-electron chi connectivity index (χ2n) is 8.58. The molecular formula is C26H32N4O3S. The molecular weight excluding hydrogens is 448 g/mol. The number of nitrogens with zero attached hydrogens (tertiary/aromatic N) is 3. The van der Waals surface area contributed by atoms with E-state index in [9.17, 15) is 8.42 Å². The summed E-state index contributed by atoms with van der Waals surface area (Å²) in [5.41, 5.74) is 3.10. The van der Waals surface area contributed by atoms with Gasteiger partial charge in [-0.05, 0) is 47.9 Å². The maximum atomic E-state index is 13.1. The van der Waals surface area contributed by atoms with E-state index in [0.29, 0.717) is 5.75 Å². The Morgan fingerprint density at radius 3 is 2.44 bits per heavy atom. The summed E-state index contributed by atoms with van der Waals surface area (Å²) >= 11 is 0. The number of sulfonamides is 1. The number of benzene rings is 2. The summed E-state index contributed by atoms with van der Waals surface area (Å²) in [5.74, 6) is 0.667. The average Bonchev–Trinajstić information content (AvgIpc) is 2.86. The Kier molecular flexibility index (Phi) is 7.95. The van der Waals surface area contributed by atoms with E-state index >= 15 is 0 Å². The van der Waals surface area contributed by atoms with E-state index in [1.165, 1.54) is 5.56 Å². The van der Waals surface area contributed by atoms with Crippen molar-refractivity contribution < 1.29 is 13.2 Å². The van der Waals surface area contributed by atoms with Crippen molar-refractivity contribution in [1.82, 2.24) is 19.5 Å². The summed E-state index contributed by atoms with van der Waals surface area (Å²) in [4.78, 5) is 9.30. The molecule has 3 aromatic rings. The SMILES string of the molecule is COc1ccc(S(=O)(=O)NC[C@H](c2cccnc2)N2CCN(Cc3ccccc3)CC2)cc1C. The Balaban J connectivity index is 1.44. The summed E-state index contributed by atoms with van der Waals surface area (Å²) in [6.07, 6.45) is 3.56. The van der Waals surface area contributed by atoms with E-state index in [2.05, 4.69) is 43.8 Å². The third kappa shape index (κ3) is 6.01. The minimum absolute atomic E-state index is 0.0957. The van der Waals surface area contributed by atoms with E-state index in [4.69, 9.17) is 4.74 Å². The van der Waals surface area contributed by atoms with Gasteiger partial charge in [0.15, 0.2) is 0 Å². The standard InChI is InChI=1S/C26H32N4O3S/c1-21-17-24(10-11-26(21)33-2)34(31,32)28-19-25(23-9-6-12-27-18-23)30-15-13-29(14-16-30)20-22-7-4-3-5-8-22/h3-12,17-18,25,28H,13-16,19-20H2,1-2H3/t25-/m1/s1. The quantitative estimate of drug-likeness (QED) is 0.507. The molecule has 2 heterocycles. The van der Waals surface area contributed by atoms with Gasteiger partial charge in [-0.25, -0.2) is 13.1 Å². The number of ether oxygens (including phenoxy) is 1. The third-order valence-corrected chi connectivity index (χ3v) is 7.73. The van der Waals surface area contributed by atoms with E-state index < -0.39 is 10.0 Å². The monoisotopic (exact) mass is 480 g/mol. The van der Waals surface area contributed by atoms with Crippen molar-refractivity contribution in [3.05, 3.63) is 89.7 Å². The van der Waals surface area contributed by atoms with Gasteiger partial charge >= 0.3 is 0 Å². The van der Waals surface area contributed by atoms with Crippen molar-refractivity contribution in [2.24, 2.45) is 0 Å². The first-order valence-corrected chi connectivity index (χ1v) is 13.0. The highest BCUT2D eigenvalue weighted by atomic mass is 32.2. The third-order valence-electron chi connectivity index (χ3n) is 6.31. The molecule has 1 saturated heterocycles. The molecule has 0 amide bonds. The Morgan fingerprint density at radius 2 is 1.79 bits per heavy atom. The van der Waals surface area contributed by atoms with Crippen LogP contribution in [0.15, 0.2) is 78.0 Å². The van der Waals surface area contributed by atoms with Crippen molar-refractivity contribution >= 4 is 10.0 Å². The number of nitrogens with one attached hydrogen (secondary N) is 1. The average molecular weight is 481 g/mol. The lowest BCUT2D eigenvalue weighted by molar-refractivity contribution is 0.0927. The highest BCUT2D eigenvalue weighted by Gasteiger charge is 2.27. The van der Waals surface area contributed by atoms with Crippen LogP contribution in [0.4, 0.5) is 0 Å². The van der Waals surface area contributed by atoms with Crippen LogP contribution in [-0.2, 0) is 16.6 Å². The van der Waals surface area contributed by atoms with Crippen molar-refractivity contribution in [1.29, 1.82) is 0 Å². The molecule has 1 fully saturated rings. The van der Waals surface area contributed by atoms with E-state index in [1.54, 1.807) is 31.5 Å². The molecule has 0 aliphatic carbocycles. The topological polar surface area (TPSA) is 74.8 Å². The molecule has 1 aliphatic rings. The van der Waals surface area contributed by atoms with Gasteiger partial charge < -0.3 is 4.74 Å². The van der Waals surface area contributed by atoms with Gasteiger partial charge in [0.05, 0.1) is 12.0 Å². The lowest BCUT2D eigenvalue weighted by Crippen LogP contribution is -2.49. The van der Waals surface area contributed by atoms with E-state index in [1.807, 2.05) is 31.3 Å². The van der Waals surface area contributed by atoms with Gasteiger partial charge in [0.25, 0.3) is 0 Å². The summed E-state index contributed by atoms with van der Waals surface area (Å²) in [6, 6.07) is 19.2. The van der Waals surface area contributed by atoms with Crippen LogP contribution in [0.1, 0.15) is 22.7 Å². The first-order chi connectivity index (χ1) is 16.5. The molecule has 0 spiro atoms. The van der Waals surface area contributed by atoms with E-state index in [-0.39, 0.29) is 17.5 Å². The smallest absolute Gasteiger partial charge is 0.240 e. The number of aromatic nitrogens is 1. The largest absolute Gasteiger partial charge is 0.496 e. The highest BCUT2D eigenvalue weighted by Crippen LogP contribution is 2.24. The Morgan fingerprint density at radius 1 is 1.03 bits per heavy atom. The van der Waals surface area contributed by atoms with Crippen LogP contribution in [0.2, 0.25) is 0 Å². The minimum atomic E-state index is -3.66.